The highest BCUT2D eigenvalue weighted by atomic mass is 16.3. The Morgan fingerprint density at radius 1 is 1.17 bits per heavy atom. The van der Waals surface area contributed by atoms with E-state index in [1.54, 1.807) is 0 Å². The molecule has 1 aliphatic carbocycles. The molecule has 0 spiro atoms. The summed E-state index contributed by atoms with van der Waals surface area (Å²) in [6.07, 6.45) is 3.67. The fraction of sp³-hybridized carbons (Fsp3) is 0.625. The molecule has 1 unspecified atom stereocenters. The summed E-state index contributed by atoms with van der Waals surface area (Å²) in [6, 6.07) is 10.7. The molecule has 1 saturated heterocycles. The van der Waals surface area contributed by atoms with Crippen LogP contribution in [-0.4, -0.2) is 28.7 Å². The summed E-state index contributed by atoms with van der Waals surface area (Å²) in [5, 5.41) is 10.6. The first-order valence-corrected chi connectivity index (χ1v) is 7.15. The topological polar surface area (TPSA) is 23.5 Å². The van der Waals surface area contributed by atoms with E-state index >= 15 is 0 Å². The second-order valence-corrected chi connectivity index (χ2v) is 6.23. The third-order valence-corrected chi connectivity index (χ3v) is 4.96. The van der Waals surface area contributed by atoms with Crippen molar-refractivity contribution in [3.8, 4) is 0 Å². The predicted molar refractivity (Wildman–Crippen MR) is 73.2 cm³/mol. The van der Waals surface area contributed by atoms with Gasteiger partial charge in [0.05, 0.1) is 5.60 Å². The van der Waals surface area contributed by atoms with Crippen LogP contribution in [0.5, 0.6) is 0 Å². The molecule has 2 bridgehead atoms. The highest BCUT2D eigenvalue weighted by molar-refractivity contribution is 5.15. The summed E-state index contributed by atoms with van der Waals surface area (Å²) in [6.45, 7) is 5.20. The Morgan fingerprint density at radius 2 is 1.78 bits per heavy atom. The molecule has 1 aromatic rings. The average Bonchev–Trinajstić information content (AvgIpc) is 2.31. The molecule has 3 rings (SSSR count). The van der Waals surface area contributed by atoms with Crippen LogP contribution in [0.25, 0.3) is 0 Å². The first kappa shape index (κ1) is 12.2. The van der Waals surface area contributed by atoms with Crippen LogP contribution in [0.2, 0.25) is 0 Å². The molecule has 1 aromatic carbocycles. The van der Waals surface area contributed by atoms with E-state index in [-0.39, 0.29) is 0 Å². The van der Waals surface area contributed by atoms with Crippen molar-refractivity contribution in [2.75, 3.05) is 13.1 Å². The lowest BCUT2D eigenvalue weighted by Crippen LogP contribution is -2.58. The molecule has 1 heterocycles. The van der Waals surface area contributed by atoms with Gasteiger partial charge in [-0.3, -0.25) is 4.90 Å². The standard InChI is InChI=1S/C16H23NO/c1-16(18)14-8-5-9-15(16)12-17(11-14)10-13-6-3-2-4-7-13/h2-4,6-7,14-15,18H,5,8-12H2,1H3/t14-,15+,16?. The average molecular weight is 245 g/mol. The molecule has 98 valence electrons. The number of rotatable bonds is 2. The number of nitrogens with zero attached hydrogens (tertiary/aromatic N) is 1. The number of piperidine rings is 1. The Balaban J connectivity index is 1.70. The van der Waals surface area contributed by atoms with Crippen LogP contribution in [0.3, 0.4) is 0 Å². The maximum absolute atomic E-state index is 10.6. The number of likely N-dealkylation sites (tertiary alicyclic amines) is 1. The molecule has 0 radical (unpaired) electrons. The molecule has 2 fully saturated rings. The van der Waals surface area contributed by atoms with E-state index < -0.39 is 5.60 Å². The third-order valence-electron chi connectivity index (χ3n) is 4.96. The van der Waals surface area contributed by atoms with Crippen molar-refractivity contribution in [1.29, 1.82) is 0 Å². The quantitative estimate of drug-likeness (QED) is 0.866. The molecular formula is C16H23NO. The molecule has 2 heteroatoms. The predicted octanol–water partition coefficient (Wildman–Crippen LogP) is 2.67. The fourth-order valence-electron chi connectivity index (χ4n) is 3.75. The minimum atomic E-state index is -0.425. The Kier molecular flexibility index (Phi) is 3.16. The van der Waals surface area contributed by atoms with Crippen molar-refractivity contribution >= 4 is 0 Å². The summed E-state index contributed by atoms with van der Waals surface area (Å²) in [4.78, 5) is 2.53. The van der Waals surface area contributed by atoms with Crippen LogP contribution >= 0.6 is 0 Å². The summed E-state index contributed by atoms with van der Waals surface area (Å²) in [5.41, 5.74) is 0.961. The van der Waals surface area contributed by atoms with Crippen LogP contribution in [0, 0.1) is 11.8 Å². The molecule has 1 aliphatic heterocycles. The van der Waals surface area contributed by atoms with Gasteiger partial charge in [-0.2, -0.15) is 0 Å². The molecular weight excluding hydrogens is 222 g/mol. The molecule has 1 saturated carbocycles. The molecule has 18 heavy (non-hydrogen) atoms. The molecule has 3 atom stereocenters. The lowest BCUT2D eigenvalue weighted by molar-refractivity contribution is -0.128. The third kappa shape index (κ3) is 2.19. The van der Waals surface area contributed by atoms with Gasteiger partial charge in [0, 0.05) is 31.5 Å². The first-order chi connectivity index (χ1) is 8.66. The van der Waals surface area contributed by atoms with E-state index in [4.69, 9.17) is 0 Å². The summed E-state index contributed by atoms with van der Waals surface area (Å²) >= 11 is 0. The minimum absolute atomic E-state index is 0.425. The zero-order valence-corrected chi connectivity index (χ0v) is 11.2. The maximum Gasteiger partial charge on any atom is 0.0700 e. The number of aliphatic hydroxyl groups is 1. The van der Waals surface area contributed by atoms with Crippen LogP contribution in [-0.2, 0) is 6.54 Å². The lowest BCUT2D eigenvalue weighted by Gasteiger charge is -2.51. The zero-order valence-electron chi connectivity index (χ0n) is 11.2. The van der Waals surface area contributed by atoms with Gasteiger partial charge < -0.3 is 5.11 Å². The summed E-state index contributed by atoms with van der Waals surface area (Å²) in [5.74, 6) is 0.933. The SMILES string of the molecule is CC1(O)[C@@H]2CCC[C@H]1CN(Cc1ccccc1)C2. The number of benzene rings is 1. The molecule has 2 nitrogen and oxygen atoms in total. The van der Waals surface area contributed by atoms with E-state index in [0.717, 1.165) is 19.6 Å². The van der Waals surface area contributed by atoms with Gasteiger partial charge in [-0.05, 0) is 25.3 Å². The zero-order chi connectivity index (χ0) is 12.6. The van der Waals surface area contributed by atoms with E-state index in [0.29, 0.717) is 11.8 Å². The largest absolute Gasteiger partial charge is 0.390 e. The molecule has 2 aliphatic rings. The van der Waals surface area contributed by atoms with Gasteiger partial charge in [0.1, 0.15) is 0 Å². The van der Waals surface area contributed by atoms with Gasteiger partial charge in [0.15, 0.2) is 0 Å². The molecule has 0 amide bonds. The van der Waals surface area contributed by atoms with Crippen molar-refractivity contribution in [1.82, 2.24) is 4.90 Å². The van der Waals surface area contributed by atoms with Crippen molar-refractivity contribution in [2.24, 2.45) is 11.8 Å². The van der Waals surface area contributed by atoms with E-state index in [2.05, 4.69) is 42.2 Å². The highest BCUT2D eigenvalue weighted by Crippen LogP contribution is 2.42. The lowest BCUT2D eigenvalue weighted by atomic mass is 9.66. The van der Waals surface area contributed by atoms with Crippen LogP contribution < -0.4 is 0 Å². The number of hydrogen-bond donors (Lipinski definition) is 1. The van der Waals surface area contributed by atoms with Gasteiger partial charge in [-0.25, -0.2) is 0 Å². The Bertz CT molecular complexity index is 385. The maximum atomic E-state index is 10.6. The first-order valence-electron chi connectivity index (χ1n) is 7.15. The van der Waals surface area contributed by atoms with E-state index in [9.17, 15) is 5.11 Å². The van der Waals surface area contributed by atoms with Gasteiger partial charge in [0.25, 0.3) is 0 Å². The summed E-state index contributed by atoms with van der Waals surface area (Å²) in [7, 11) is 0. The highest BCUT2D eigenvalue weighted by Gasteiger charge is 2.46. The number of hydrogen-bond acceptors (Lipinski definition) is 2. The van der Waals surface area contributed by atoms with Gasteiger partial charge >= 0.3 is 0 Å². The normalized spacial score (nSPS) is 36.6. The van der Waals surface area contributed by atoms with E-state index in [1.165, 1.54) is 24.8 Å². The summed E-state index contributed by atoms with van der Waals surface area (Å²) < 4.78 is 0. The van der Waals surface area contributed by atoms with Crippen LogP contribution in [0.4, 0.5) is 0 Å². The second-order valence-electron chi connectivity index (χ2n) is 6.23. The minimum Gasteiger partial charge on any atom is -0.390 e. The molecule has 1 N–H and O–H groups in total. The number of fused-ring (bicyclic) bond motifs is 2. The van der Waals surface area contributed by atoms with Crippen molar-refractivity contribution in [3.05, 3.63) is 35.9 Å². The van der Waals surface area contributed by atoms with Gasteiger partial charge in [-0.1, -0.05) is 36.8 Å². The second kappa shape index (κ2) is 4.67. The van der Waals surface area contributed by atoms with Gasteiger partial charge in [0.2, 0.25) is 0 Å². The Hall–Kier alpha value is -0.860. The van der Waals surface area contributed by atoms with Crippen molar-refractivity contribution in [2.45, 2.75) is 38.3 Å². The fourth-order valence-corrected chi connectivity index (χ4v) is 3.75. The van der Waals surface area contributed by atoms with Crippen LogP contribution in [0.1, 0.15) is 31.7 Å². The monoisotopic (exact) mass is 245 g/mol. The van der Waals surface area contributed by atoms with Gasteiger partial charge in [-0.15, -0.1) is 0 Å². The van der Waals surface area contributed by atoms with Crippen molar-refractivity contribution < 1.29 is 5.11 Å². The Morgan fingerprint density at radius 3 is 2.39 bits per heavy atom. The van der Waals surface area contributed by atoms with Crippen LogP contribution in [0.15, 0.2) is 30.3 Å². The Labute approximate surface area is 110 Å². The van der Waals surface area contributed by atoms with E-state index in [1.807, 2.05) is 0 Å². The van der Waals surface area contributed by atoms with Crippen molar-refractivity contribution in [3.63, 3.8) is 0 Å². The molecule has 0 aromatic heterocycles. The smallest absolute Gasteiger partial charge is 0.0700 e.